The summed E-state index contributed by atoms with van der Waals surface area (Å²) in [6.07, 6.45) is 6.91. The van der Waals surface area contributed by atoms with Gasteiger partial charge in [-0.1, -0.05) is 58.0 Å². The summed E-state index contributed by atoms with van der Waals surface area (Å²) in [6, 6.07) is 10.3. The Bertz CT molecular complexity index is 661. The third-order valence-electron chi connectivity index (χ3n) is 7.58. The number of rotatable bonds is 12. The summed E-state index contributed by atoms with van der Waals surface area (Å²) in [4.78, 5) is 0. The highest BCUT2D eigenvalue weighted by Gasteiger charge is 2.43. The van der Waals surface area contributed by atoms with Gasteiger partial charge < -0.3 is 23.7 Å². The Balaban J connectivity index is 1.47. The highest BCUT2D eigenvalue weighted by molar-refractivity contribution is 5.13. The quantitative estimate of drug-likeness (QED) is 0.362. The highest BCUT2D eigenvalue weighted by atomic mass is 16.7. The van der Waals surface area contributed by atoms with Crippen molar-refractivity contribution in [3.63, 3.8) is 0 Å². The van der Waals surface area contributed by atoms with Crippen LogP contribution in [0.15, 0.2) is 30.3 Å². The monoisotopic (exact) mass is 448 g/mol. The molecule has 1 aromatic rings. The molecule has 0 N–H and O–H groups in total. The van der Waals surface area contributed by atoms with E-state index in [1.165, 1.54) is 5.56 Å². The zero-order chi connectivity index (χ0) is 23.0. The molecular weight excluding hydrogens is 404 g/mol. The zero-order valence-electron chi connectivity index (χ0n) is 20.8. The van der Waals surface area contributed by atoms with Gasteiger partial charge in [-0.05, 0) is 49.5 Å². The molecule has 5 nitrogen and oxygen atoms in total. The van der Waals surface area contributed by atoms with Crippen molar-refractivity contribution in [2.75, 3.05) is 20.3 Å². The Labute approximate surface area is 195 Å². The molecule has 182 valence electrons. The first-order valence-corrected chi connectivity index (χ1v) is 12.6. The molecule has 2 aliphatic heterocycles. The molecule has 5 atom stereocenters. The molecule has 2 heterocycles. The van der Waals surface area contributed by atoms with E-state index in [-0.39, 0.29) is 18.0 Å². The Morgan fingerprint density at radius 3 is 2.53 bits per heavy atom. The van der Waals surface area contributed by atoms with Crippen LogP contribution < -0.4 is 0 Å². The number of hydrogen-bond acceptors (Lipinski definition) is 5. The molecule has 3 rings (SSSR count). The lowest BCUT2D eigenvalue weighted by atomic mass is 9.86. The molecule has 1 aromatic carbocycles. The van der Waals surface area contributed by atoms with Crippen molar-refractivity contribution in [1.82, 2.24) is 0 Å². The molecule has 5 heteroatoms. The fourth-order valence-corrected chi connectivity index (χ4v) is 4.94. The second-order valence-electron chi connectivity index (χ2n) is 9.71. The number of methoxy groups -OCH3 is 1. The lowest BCUT2D eigenvalue weighted by molar-refractivity contribution is -0.286. The van der Waals surface area contributed by atoms with Crippen LogP contribution in [0.25, 0.3) is 0 Å². The van der Waals surface area contributed by atoms with Crippen LogP contribution in [0, 0.1) is 11.8 Å². The molecule has 0 radical (unpaired) electrons. The van der Waals surface area contributed by atoms with Crippen LogP contribution >= 0.6 is 0 Å². The van der Waals surface area contributed by atoms with Crippen LogP contribution in [0.3, 0.4) is 0 Å². The van der Waals surface area contributed by atoms with Gasteiger partial charge in [-0.25, -0.2) is 0 Å². The molecular formula is C27H44O5. The van der Waals surface area contributed by atoms with Crippen LogP contribution in [0.2, 0.25) is 0 Å². The Morgan fingerprint density at radius 2 is 1.88 bits per heavy atom. The maximum Gasteiger partial charge on any atom is 0.168 e. The van der Waals surface area contributed by atoms with Crippen molar-refractivity contribution in [1.29, 1.82) is 0 Å². The molecule has 2 saturated heterocycles. The van der Waals surface area contributed by atoms with Crippen molar-refractivity contribution in [3.8, 4) is 0 Å². The summed E-state index contributed by atoms with van der Waals surface area (Å²) in [7, 11) is 1.79. The largest absolute Gasteiger partial charge is 0.377 e. The Kier molecular flexibility index (Phi) is 9.56. The second-order valence-corrected chi connectivity index (χ2v) is 9.71. The minimum atomic E-state index is -0.503. The smallest absolute Gasteiger partial charge is 0.168 e. The van der Waals surface area contributed by atoms with Gasteiger partial charge in [0.25, 0.3) is 0 Å². The zero-order valence-corrected chi connectivity index (χ0v) is 20.8. The van der Waals surface area contributed by atoms with E-state index in [1.807, 2.05) is 18.2 Å². The molecule has 2 fully saturated rings. The lowest BCUT2D eigenvalue weighted by Crippen LogP contribution is -2.46. The van der Waals surface area contributed by atoms with Crippen molar-refractivity contribution >= 4 is 0 Å². The summed E-state index contributed by atoms with van der Waals surface area (Å²) in [5, 5.41) is 0. The molecule has 32 heavy (non-hydrogen) atoms. The summed E-state index contributed by atoms with van der Waals surface area (Å²) < 4.78 is 30.9. The summed E-state index contributed by atoms with van der Waals surface area (Å²) in [5.74, 6) is 0.0195. The fourth-order valence-electron chi connectivity index (χ4n) is 4.94. The van der Waals surface area contributed by atoms with E-state index in [9.17, 15) is 0 Å². The van der Waals surface area contributed by atoms with Gasteiger partial charge in [0.1, 0.15) is 0 Å². The van der Waals surface area contributed by atoms with E-state index in [0.29, 0.717) is 31.7 Å². The maximum atomic E-state index is 6.61. The van der Waals surface area contributed by atoms with Gasteiger partial charge >= 0.3 is 0 Å². The van der Waals surface area contributed by atoms with E-state index in [0.717, 1.165) is 44.9 Å². The van der Waals surface area contributed by atoms with E-state index < -0.39 is 5.79 Å². The Hall–Kier alpha value is -0.980. The Morgan fingerprint density at radius 1 is 1.12 bits per heavy atom. The van der Waals surface area contributed by atoms with Gasteiger partial charge in [-0.2, -0.15) is 0 Å². The van der Waals surface area contributed by atoms with Gasteiger partial charge in [-0.3, -0.25) is 0 Å². The standard InChI is InChI=1S/C27H44O5/c1-6-26(7-2)30-20-25(32-26)22(4)14-17-27(28-5)16-13-21(3)24(31-27)15-18-29-19-23-11-9-8-10-12-23/h8-12,21-22,24-25H,6-7,13-20H2,1-5H3/t21-,22+,24+,25+,27?/m0/s1. The maximum absolute atomic E-state index is 6.61. The van der Waals surface area contributed by atoms with Gasteiger partial charge in [0.05, 0.1) is 25.4 Å². The van der Waals surface area contributed by atoms with Gasteiger partial charge in [0.2, 0.25) is 0 Å². The predicted molar refractivity (Wildman–Crippen MR) is 126 cm³/mol. The lowest BCUT2D eigenvalue weighted by Gasteiger charge is -2.44. The number of benzene rings is 1. The molecule has 0 spiro atoms. The molecule has 2 aliphatic rings. The van der Waals surface area contributed by atoms with Crippen molar-refractivity contribution in [2.24, 2.45) is 11.8 Å². The van der Waals surface area contributed by atoms with Gasteiger partial charge in [0.15, 0.2) is 11.6 Å². The molecule has 0 aliphatic carbocycles. The highest BCUT2D eigenvalue weighted by Crippen LogP contribution is 2.40. The molecule has 0 amide bonds. The number of ether oxygens (including phenoxy) is 5. The molecule has 0 aromatic heterocycles. The molecule has 1 unspecified atom stereocenters. The minimum absolute atomic E-state index is 0.147. The van der Waals surface area contributed by atoms with Crippen LogP contribution in [-0.2, 0) is 30.3 Å². The first-order valence-electron chi connectivity index (χ1n) is 12.6. The predicted octanol–water partition coefficient (Wildman–Crippen LogP) is 6.10. The van der Waals surface area contributed by atoms with E-state index in [1.54, 1.807) is 7.11 Å². The van der Waals surface area contributed by atoms with Crippen molar-refractivity contribution in [3.05, 3.63) is 35.9 Å². The first kappa shape index (κ1) is 25.6. The summed E-state index contributed by atoms with van der Waals surface area (Å²) >= 11 is 0. The molecule has 0 bridgehead atoms. The minimum Gasteiger partial charge on any atom is -0.377 e. The summed E-state index contributed by atoms with van der Waals surface area (Å²) in [6.45, 7) is 10.8. The van der Waals surface area contributed by atoms with E-state index in [4.69, 9.17) is 23.7 Å². The third kappa shape index (κ3) is 6.54. The van der Waals surface area contributed by atoms with Gasteiger partial charge in [-0.15, -0.1) is 0 Å². The van der Waals surface area contributed by atoms with Crippen LogP contribution in [0.5, 0.6) is 0 Å². The third-order valence-corrected chi connectivity index (χ3v) is 7.58. The van der Waals surface area contributed by atoms with Crippen LogP contribution in [0.1, 0.15) is 78.2 Å². The van der Waals surface area contributed by atoms with E-state index in [2.05, 4.69) is 39.8 Å². The normalized spacial score (nSPS) is 31.0. The van der Waals surface area contributed by atoms with Crippen molar-refractivity contribution in [2.45, 2.75) is 103 Å². The average Bonchev–Trinajstić information content (AvgIpc) is 3.28. The van der Waals surface area contributed by atoms with Gasteiger partial charge in [0, 0.05) is 26.6 Å². The first-order chi connectivity index (χ1) is 15.4. The van der Waals surface area contributed by atoms with E-state index >= 15 is 0 Å². The molecule has 0 saturated carbocycles. The fraction of sp³-hybridized carbons (Fsp3) is 0.778. The topological polar surface area (TPSA) is 46.2 Å². The number of hydrogen-bond donors (Lipinski definition) is 0. The summed E-state index contributed by atoms with van der Waals surface area (Å²) in [5.41, 5.74) is 1.21. The SMILES string of the molecule is CCC1(CC)OC[C@H]([C@H](C)CCC2(OC)CC[C@H](C)[C@@H](CCOCc3ccccc3)O2)O1. The van der Waals surface area contributed by atoms with Crippen molar-refractivity contribution < 1.29 is 23.7 Å². The second kappa shape index (κ2) is 11.9. The van der Waals surface area contributed by atoms with Crippen LogP contribution in [-0.4, -0.2) is 44.1 Å². The van der Waals surface area contributed by atoms with Crippen LogP contribution in [0.4, 0.5) is 0 Å². The average molecular weight is 449 g/mol.